The molecule has 0 radical (unpaired) electrons. The van der Waals surface area contributed by atoms with Gasteiger partial charge in [-0.25, -0.2) is 0 Å². The van der Waals surface area contributed by atoms with E-state index in [2.05, 4.69) is 0 Å². The Balaban J connectivity index is 1.08. The number of epoxide rings is 1. The normalized spacial score (nSPS) is 40.2. The number of carbonyl (C=O) groups is 2. The zero-order chi connectivity index (χ0) is 19.5. The molecule has 0 aromatic heterocycles. The summed E-state index contributed by atoms with van der Waals surface area (Å²) in [6.07, 6.45) is 10.2. The van der Waals surface area contributed by atoms with Crippen LogP contribution >= 0.6 is 0 Å². The molecule has 1 N–H and O–H groups in total. The first kappa shape index (κ1) is 20.1. The molecule has 3 unspecified atom stereocenters. The summed E-state index contributed by atoms with van der Waals surface area (Å²) in [5.74, 6) is 0.729. The molecule has 3 saturated carbocycles. The Kier molecular flexibility index (Phi) is 6.56. The van der Waals surface area contributed by atoms with Crippen molar-refractivity contribution in [3.05, 3.63) is 0 Å². The topological polar surface area (TPSA) is 85.4 Å². The van der Waals surface area contributed by atoms with E-state index in [0.717, 1.165) is 57.8 Å². The van der Waals surface area contributed by atoms with Crippen LogP contribution in [0.4, 0.5) is 0 Å². The molecular formula is C22H34O6. The van der Waals surface area contributed by atoms with Gasteiger partial charge in [0, 0.05) is 0 Å². The molecule has 4 rings (SSSR count). The van der Waals surface area contributed by atoms with Crippen LogP contribution in [0.2, 0.25) is 0 Å². The summed E-state index contributed by atoms with van der Waals surface area (Å²) >= 11 is 0. The minimum Gasteiger partial charge on any atom is -0.465 e. The molecule has 6 nitrogen and oxygen atoms in total. The van der Waals surface area contributed by atoms with E-state index in [9.17, 15) is 14.7 Å². The van der Waals surface area contributed by atoms with E-state index in [1.54, 1.807) is 0 Å². The molecule has 0 amide bonds. The lowest BCUT2D eigenvalue weighted by Crippen LogP contribution is -2.29. The SMILES string of the molecule is O=C(OCC1CCC(COC(=O)C2CCC3OC3C2)CC1)C1CCC(O)CC1. The lowest BCUT2D eigenvalue weighted by molar-refractivity contribution is -0.154. The number of fused-ring (bicyclic) bond motifs is 1. The highest BCUT2D eigenvalue weighted by Gasteiger charge is 2.46. The highest BCUT2D eigenvalue weighted by atomic mass is 16.6. The van der Waals surface area contributed by atoms with Gasteiger partial charge in [-0.05, 0) is 82.5 Å². The van der Waals surface area contributed by atoms with E-state index in [4.69, 9.17) is 14.2 Å². The number of esters is 2. The Labute approximate surface area is 167 Å². The fourth-order valence-corrected chi connectivity index (χ4v) is 5.13. The van der Waals surface area contributed by atoms with Gasteiger partial charge in [-0.15, -0.1) is 0 Å². The van der Waals surface area contributed by atoms with E-state index in [1.807, 2.05) is 0 Å². The lowest BCUT2D eigenvalue weighted by atomic mass is 9.82. The van der Waals surface area contributed by atoms with Crippen molar-refractivity contribution in [2.45, 2.75) is 88.9 Å². The second-order valence-corrected chi connectivity index (χ2v) is 9.38. The maximum Gasteiger partial charge on any atom is 0.309 e. The van der Waals surface area contributed by atoms with Crippen LogP contribution in [-0.2, 0) is 23.8 Å². The van der Waals surface area contributed by atoms with Gasteiger partial charge in [0.25, 0.3) is 0 Å². The quantitative estimate of drug-likeness (QED) is 0.551. The number of aliphatic hydroxyl groups is 1. The largest absolute Gasteiger partial charge is 0.465 e. The van der Waals surface area contributed by atoms with Gasteiger partial charge in [0.05, 0.1) is 43.4 Å². The first-order chi connectivity index (χ1) is 13.6. The van der Waals surface area contributed by atoms with Gasteiger partial charge in [0.1, 0.15) is 0 Å². The van der Waals surface area contributed by atoms with E-state index in [-0.39, 0.29) is 29.9 Å². The Hall–Kier alpha value is -1.14. The number of hydrogen-bond donors (Lipinski definition) is 1. The van der Waals surface area contributed by atoms with Crippen molar-refractivity contribution in [2.24, 2.45) is 23.7 Å². The Bertz CT molecular complexity index is 547. The van der Waals surface area contributed by atoms with Crippen molar-refractivity contribution in [3.63, 3.8) is 0 Å². The van der Waals surface area contributed by atoms with Gasteiger partial charge in [-0.1, -0.05) is 0 Å². The van der Waals surface area contributed by atoms with Gasteiger partial charge in [-0.3, -0.25) is 9.59 Å². The average Bonchev–Trinajstić information content (AvgIpc) is 3.50. The predicted octanol–water partition coefficient (Wildman–Crippen LogP) is 3.00. The van der Waals surface area contributed by atoms with Crippen LogP contribution in [0.1, 0.15) is 70.6 Å². The molecular weight excluding hydrogens is 360 g/mol. The molecule has 0 bridgehead atoms. The minimum atomic E-state index is -0.245. The van der Waals surface area contributed by atoms with E-state index in [1.165, 1.54) is 0 Å². The Morgan fingerprint density at radius 2 is 1.25 bits per heavy atom. The molecule has 1 aliphatic heterocycles. The standard InChI is InChI=1S/C22H34O6/c23-18-8-5-16(6-9-18)21(24)26-12-14-1-3-15(4-2-14)13-27-22(25)17-7-10-19-20(11-17)28-19/h14-20,23H,1-13H2. The summed E-state index contributed by atoms with van der Waals surface area (Å²) in [6, 6.07) is 0. The van der Waals surface area contributed by atoms with Crippen LogP contribution in [-0.4, -0.2) is 48.6 Å². The lowest BCUT2D eigenvalue weighted by Gasteiger charge is -2.29. The van der Waals surface area contributed by atoms with Crippen molar-refractivity contribution in [3.8, 4) is 0 Å². The van der Waals surface area contributed by atoms with Crippen LogP contribution in [0.15, 0.2) is 0 Å². The molecule has 3 atom stereocenters. The monoisotopic (exact) mass is 394 g/mol. The molecule has 3 aliphatic carbocycles. The molecule has 0 aromatic rings. The number of ether oxygens (including phenoxy) is 3. The molecule has 4 fully saturated rings. The van der Waals surface area contributed by atoms with E-state index in [0.29, 0.717) is 50.1 Å². The third kappa shape index (κ3) is 5.26. The number of hydrogen-bond acceptors (Lipinski definition) is 6. The second-order valence-electron chi connectivity index (χ2n) is 9.38. The van der Waals surface area contributed by atoms with Gasteiger partial charge in [-0.2, -0.15) is 0 Å². The maximum absolute atomic E-state index is 12.3. The highest BCUT2D eigenvalue weighted by molar-refractivity contribution is 5.73. The van der Waals surface area contributed by atoms with E-state index < -0.39 is 0 Å². The molecule has 1 saturated heterocycles. The van der Waals surface area contributed by atoms with Gasteiger partial charge < -0.3 is 19.3 Å². The molecule has 28 heavy (non-hydrogen) atoms. The second kappa shape index (κ2) is 9.12. The van der Waals surface area contributed by atoms with Crippen molar-refractivity contribution < 1.29 is 28.9 Å². The van der Waals surface area contributed by atoms with Crippen molar-refractivity contribution in [1.82, 2.24) is 0 Å². The summed E-state index contributed by atoms with van der Waals surface area (Å²) in [5, 5.41) is 9.54. The average molecular weight is 395 g/mol. The molecule has 6 heteroatoms. The molecule has 158 valence electrons. The fourth-order valence-electron chi connectivity index (χ4n) is 5.13. The number of carbonyl (C=O) groups excluding carboxylic acids is 2. The van der Waals surface area contributed by atoms with Crippen molar-refractivity contribution >= 4 is 11.9 Å². The summed E-state index contributed by atoms with van der Waals surface area (Å²) in [5.41, 5.74) is 0. The zero-order valence-electron chi connectivity index (χ0n) is 16.7. The smallest absolute Gasteiger partial charge is 0.309 e. The number of aliphatic hydroxyl groups excluding tert-OH is 1. The first-order valence-corrected chi connectivity index (χ1v) is 11.2. The Morgan fingerprint density at radius 1 is 0.714 bits per heavy atom. The summed E-state index contributed by atoms with van der Waals surface area (Å²) < 4.78 is 16.7. The van der Waals surface area contributed by atoms with Crippen LogP contribution in [0.3, 0.4) is 0 Å². The Morgan fingerprint density at radius 3 is 1.82 bits per heavy atom. The summed E-state index contributed by atoms with van der Waals surface area (Å²) in [6.45, 7) is 1.04. The van der Waals surface area contributed by atoms with Crippen molar-refractivity contribution in [2.75, 3.05) is 13.2 Å². The van der Waals surface area contributed by atoms with Crippen molar-refractivity contribution in [1.29, 1.82) is 0 Å². The molecule has 0 aromatic carbocycles. The van der Waals surface area contributed by atoms with Crippen LogP contribution in [0.25, 0.3) is 0 Å². The summed E-state index contributed by atoms with van der Waals surface area (Å²) in [4.78, 5) is 24.5. The predicted molar refractivity (Wildman–Crippen MR) is 101 cm³/mol. The van der Waals surface area contributed by atoms with E-state index >= 15 is 0 Å². The van der Waals surface area contributed by atoms with Crippen LogP contribution in [0, 0.1) is 23.7 Å². The van der Waals surface area contributed by atoms with Gasteiger partial charge in [0.15, 0.2) is 0 Å². The maximum atomic E-state index is 12.3. The third-order valence-electron chi connectivity index (χ3n) is 7.26. The number of rotatable bonds is 6. The fraction of sp³-hybridized carbons (Fsp3) is 0.909. The molecule has 1 heterocycles. The van der Waals surface area contributed by atoms with Crippen LogP contribution in [0.5, 0.6) is 0 Å². The summed E-state index contributed by atoms with van der Waals surface area (Å²) in [7, 11) is 0. The molecule has 0 spiro atoms. The van der Waals surface area contributed by atoms with Gasteiger partial charge >= 0.3 is 11.9 Å². The van der Waals surface area contributed by atoms with Crippen LogP contribution < -0.4 is 0 Å². The highest BCUT2D eigenvalue weighted by Crippen LogP contribution is 2.40. The zero-order valence-corrected chi connectivity index (χ0v) is 16.7. The third-order valence-corrected chi connectivity index (χ3v) is 7.26. The molecule has 4 aliphatic rings. The minimum absolute atomic E-state index is 0.0281. The van der Waals surface area contributed by atoms with Gasteiger partial charge in [0.2, 0.25) is 0 Å². The first-order valence-electron chi connectivity index (χ1n) is 11.2.